The molecule has 2 aromatic rings. The molecule has 0 amide bonds. The summed E-state index contributed by atoms with van der Waals surface area (Å²) in [6.45, 7) is 4.84. The quantitative estimate of drug-likeness (QED) is 0.767. The van der Waals surface area contributed by atoms with Crippen LogP contribution in [0.5, 0.6) is 0 Å². The van der Waals surface area contributed by atoms with Gasteiger partial charge in [-0.15, -0.1) is 12.6 Å². The maximum absolute atomic E-state index is 4.45. The summed E-state index contributed by atoms with van der Waals surface area (Å²) >= 11 is 4.42. The largest absolute Gasteiger partial charge is 0.264 e. The molecule has 0 radical (unpaired) electrons. The van der Waals surface area contributed by atoms with Crippen molar-refractivity contribution in [2.45, 2.75) is 25.3 Å². The molecule has 2 nitrogen and oxygen atoms in total. The van der Waals surface area contributed by atoms with Crippen molar-refractivity contribution >= 4 is 12.6 Å². The van der Waals surface area contributed by atoms with E-state index in [-0.39, 0.29) is 0 Å². The van der Waals surface area contributed by atoms with E-state index in [2.05, 4.69) is 29.9 Å². The second-order valence-corrected chi connectivity index (χ2v) is 4.11. The molecule has 0 N–H and O–H groups in total. The van der Waals surface area contributed by atoms with Crippen molar-refractivity contribution in [3.8, 4) is 0 Å². The molecule has 0 fully saturated rings. The molecule has 0 saturated heterocycles. The third-order valence-electron chi connectivity index (χ3n) is 2.52. The van der Waals surface area contributed by atoms with E-state index in [4.69, 9.17) is 0 Å². The maximum Gasteiger partial charge on any atom is 0.0729 e. The Labute approximate surface area is 95.3 Å². The molecule has 0 bridgehead atoms. The number of nitrogens with zero attached hydrogens (tertiary/aromatic N) is 2. The van der Waals surface area contributed by atoms with Gasteiger partial charge in [0.1, 0.15) is 0 Å². The molecule has 0 spiro atoms. The van der Waals surface area contributed by atoms with Gasteiger partial charge in [0.15, 0.2) is 0 Å². The number of hydrogen-bond donors (Lipinski definition) is 1. The van der Waals surface area contributed by atoms with Gasteiger partial charge in [-0.05, 0) is 19.4 Å². The molecule has 0 unspecified atom stereocenters. The average Bonchev–Trinajstić information content (AvgIpc) is 2.48. The summed E-state index contributed by atoms with van der Waals surface area (Å²) < 4.78 is 1.99. The van der Waals surface area contributed by atoms with Crippen molar-refractivity contribution in [2.75, 3.05) is 0 Å². The van der Waals surface area contributed by atoms with E-state index in [1.807, 2.05) is 36.7 Å². The van der Waals surface area contributed by atoms with Gasteiger partial charge in [-0.2, -0.15) is 5.10 Å². The summed E-state index contributed by atoms with van der Waals surface area (Å²) in [5.41, 5.74) is 3.38. The predicted octanol–water partition coefficient (Wildman–Crippen LogP) is 2.84. The number of aromatic nitrogens is 2. The third-order valence-corrected chi connectivity index (χ3v) is 3.17. The zero-order valence-electron chi connectivity index (χ0n) is 8.94. The second kappa shape index (κ2) is 4.11. The van der Waals surface area contributed by atoms with Crippen molar-refractivity contribution in [3.63, 3.8) is 0 Å². The summed E-state index contributed by atoms with van der Waals surface area (Å²) in [5.74, 6) is 0. The summed E-state index contributed by atoms with van der Waals surface area (Å²) in [7, 11) is 0. The minimum absolute atomic E-state index is 0.814. The molecule has 0 atom stereocenters. The van der Waals surface area contributed by atoms with Gasteiger partial charge in [0.2, 0.25) is 0 Å². The molecule has 15 heavy (non-hydrogen) atoms. The molecule has 0 aliphatic heterocycles. The number of aryl methyl sites for hydroxylation is 1. The van der Waals surface area contributed by atoms with Crippen LogP contribution in [0.4, 0.5) is 0 Å². The monoisotopic (exact) mass is 218 g/mol. The summed E-state index contributed by atoms with van der Waals surface area (Å²) in [5, 5.41) is 4.45. The number of rotatable bonds is 2. The highest BCUT2D eigenvalue weighted by Gasteiger charge is 2.07. The first-order valence-electron chi connectivity index (χ1n) is 4.95. The molecule has 1 aromatic heterocycles. The Bertz CT molecular complexity index is 460. The van der Waals surface area contributed by atoms with Crippen LogP contribution in [0.15, 0.2) is 35.2 Å². The highest BCUT2D eigenvalue weighted by atomic mass is 32.1. The van der Waals surface area contributed by atoms with Gasteiger partial charge in [0, 0.05) is 10.6 Å². The van der Waals surface area contributed by atoms with Crippen molar-refractivity contribution in [1.82, 2.24) is 9.78 Å². The first-order chi connectivity index (χ1) is 7.18. The van der Waals surface area contributed by atoms with E-state index in [1.54, 1.807) is 0 Å². The molecule has 0 aliphatic carbocycles. The number of thiol groups is 1. The maximum atomic E-state index is 4.45. The van der Waals surface area contributed by atoms with Gasteiger partial charge in [-0.1, -0.05) is 30.3 Å². The molecule has 1 aromatic carbocycles. The van der Waals surface area contributed by atoms with E-state index in [9.17, 15) is 0 Å². The lowest BCUT2D eigenvalue weighted by Gasteiger charge is -2.04. The molecule has 2 rings (SSSR count). The minimum Gasteiger partial charge on any atom is -0.264 e. The van der Waals surface area contributed by atoms with Gasteiger partial charge in [-0.25, -0.2) is 0 Å². The topological polar surface area (TPSA) is 17.8 Å². The van der Waals surface area contributed by atoms with E-state index < -0.39 is 0 Å². The summed E-state index contributed by atoms with van der Waals surface area (Å²) in [6.07, 6.45) is 0. The van der Waals surface area contributed by atoms with Crippen molar-refractivity contribution in [1.29, 1.82) is 0 Å². The number of hydrogen-bond acceptors (Lipinski definition) is 2. The van der Waals surface area contributed by atoms with E-state index in [0.717, 1.165) is 22.8 Å². The Hall–Kier alpha value is -1.22. The average molecular weight is 218 g/mol. The Morgan fingerprint density at radius 3 is 2.40 bits per heavy atom. The Morgan fingerprint density at radius 1 is 1.20 bits per heavy atom. The summed E-state index contributed by atoms with van der Waals surface area (Å²) in [4.78, 5) is 0.992. The fourth-order valence-electron chi connectivity index (χ4n) is 1.60. The molecule has 3 heteroatoms. The lowest BCUT2D eigenvalue weighted by atomic mass is 10.2. The standard InChI is InChI=1S/C12H14N2S/c1-9-12(15)10(2)14(13-9)8-11-6-4-3-5-7-11/h3-7,15H,8H2,1-2H3. The zero-order valence-corrected chi connectivity index (χ0v) is 9.83. The van der Waals surface area contributed by atoms with Gasteiger partial charge in [0.05, 0.1) is 12.2 Å². The molecular formula is C12H14N2S. The van der Waals surface area contributed by atoms with Gasteiger partial charge < -0.3 is 0 Å². The summed E-state index contributed by atoms with van der Waals surface area (Å²) in [6, 6.07) is 10.3. The lowest BCUT2D eigenvalue weighted by Crippen LogP contribution is -2.03. The fraction of sp³-hybridized carbons (Fsp3) is 0.250. The van der Waals surface area contributed by atoms with E-state index >= 15 is 0 Å². The molecule has 78 valence electrons. The highest BCUT2D eigenvalue weighted by Crippen LogP contribution is 2.17. The SMILES string of the molecule is Cc1nn(Cc2ccccc2)c(C)c1S. The van der Waals surface area contributed by atoms with Gasteiger partial charge >= 0.3 is 0 Å². The Morgan fingerprint density at radius 2 is 1.87 bits per heavy atom. The first-order valence-corrected chi connectivity index (χ1v) is 5.40. The van der Waals surface area contributed by atoms with Crippen LogP contribution in [-0.2, 0) is 6.54 Å². The first kappa shape index (κ1) is 10.3. The van der Waals surface area contributed by atoms with Crippen LogP contribution in [0, 0.1) is 13.8 Å². The lowest BCUT2D eigenvalue weighted by molar-refractivity contribution is 0.657. The molecular weight excluding hydrogens is 204 g/mol. The van der Waals surface area contributed by atoms with Crippen LogP contribution >= 0.6 is 12.6 Å². The molecule has 1 heterocycles. The Kier molecular flexibility index (Phi) is 2.82. The van der Waals surface area contributed by atoms with Crippen LogP contribution in [0.25, 0.3) is 0 Å². The van der Waals surface area contributed by atoms with Crippen molar-refractivity contribution < 1.29 is 0 Å². The Balaban J connectivity index is 2.29. The minimum atomic E-state index is 0.814. The van der Waals surface area contributed by atoms with E-state index in [0.29, 0.717) is 0 Å². The fourth-order valence-corrected chi connectivity index (χ4v) is 1.76. The van der Waals surface area contributed by atoms with Crippen LogP contribution in [0.3, 0.4) is 0 Å². The van der Waals surface area contributed by atoms with Crippen LogP contribution in [-0.4, -0.2) is 9.78 Å². The normalized spacial score (nSPS) is 10.6. The van der Waals surface area contributed by atoms with Crippen LogP contribution in [0.1, 0.15) is 17.0 Å². The van der Waals surface area contributed by atoms with E-state index in [1.165, 1.54) is 5.56 Å². The molecule has 0 saturated carbocycles. The van der Waals surface area contributed by atoms with Crippen molar-refractivity contribution in [2.24, 2.45) is 0 Å². The predicted molar refractivity (Wildman–Crippen MR) is 64.5 cm³/mol. The van der Waals surface area contributed by atoms with Crippen LogP contribution in [0.2, 0.25) is 0 Å². The zero-order chi connectivity index (χ0) is 10.8. The number of benzene rings is 1. The van der Waals surface area contributed by atoms with Gasteiger partial charge in [-0.3, -0.25) is 4.68 Å². The van der Waals surface area contributed by atoms with Crippen LogP contribution < -0.4 is 0 Å². The van der Waals surface area contributed by atoms with Crippen molar-refractivity contribution in [3.05, 3.63) is 47.3 Å². The van der Waals surface area contributed by atoms with Gasteiger partial charge in [0.25, 0.3) is 0 Å². The second-order valence-electron chi connectivity index (χ2n) is 3.66. The smallest absolute Gasteiger partial charge is 0.0729 e. The molecule has 0 aliphatic rings. The highest BCUT2D eigenvalue weighted by molar-refractivity contribution is 7.80. The third kappa shape index (κ3) is 2.07.